The minimum absolute atomic E-state index is 0.379. The fraction of sp³-hybridized carbons (Fsp3) is 1.00. The lowest BCUT2D eigenvalue weighted by Gasteiger charge is -2.35. The van der Waals surface area contributed by atoms with E-state index in [-0.39, 0.29) is 0 Å². The zero-order chi connectivity index (χ0) is 13.2. The smallest absolute Gasteiger partial charge is 0.0243 e. The van der Waals surface area contributed by atoms with Crippen LogP contribution in [0.4, 0.5) is 0 Å². The summed E-state index contributed by atoms with van der Waals surface area (Å²) in [5.74, 6) is 0. The molecule has 2 aliphatic rings. The molecule has 1 aliphatic heterocycles. The van der Waals surface area contributed by atoms with Gasteiger partial charge in [0.25, 0.3) is 0 Å². The van der Waals surface area contributed by atoms with Crippen molar-refractivity contribution in [3.8, 4) is 0 Å². The zero-order valence-corrected chi connectivity index (χ0v) is 12.9. The van der Waals surface area contributed by atoms with Gasteiger partial charge in [0.2, 0.25) is 0 Å². The van der Waals surface area contributed by atoms with Crippen molar-refractivity contribution >= 4 is 0 Å². The van der Waals surface area contributed by atoms with Crippen molar-refractivity contribution in [1.82, 2.24) is 10.2 Å². The molecule has 0 radical (unpaired) electrons. The molecule has 1 N–H and O–H groups in total. The maximum atomic E-state index is 3.75. The van der Waals surface area contributed by atoms with Crippen molar-refractivity contribution < 1.29 is 0 Å². The lowest BCUT2D eigenvalue weighted by molar-refractivity contribution is 0.167. The molecule has 1 saturated heterocycles. The van der Waals surface area contributed by atoms with E-state index in [1.54, 1.807) is 0 Å². The lowest BCUT2D eigenvalue weighted by Crippen LogP contribution is -2.47. The van der Waals surface area contributed by atoms with Crippen LogP contribution in [0, 0.1) is 10.8 Å². The summed E-state index contributed by atoms with van der Waals surface area (Å²) < 4.78 is 0. The molecule has 2 fully saturated rings. The normalized spacial score (nSPS) is 29.0. The summed E-state index contributed by atoms with van der Waals surface area (Å²) in [6.07, 6.45) is 7.07. The predicted octanol–water partition coefficient (Wildman–Crippen LogP) is 3.28. The van der Waals surface area contributed by atoms with Gasteiger partial charge in [-0.1, -0.05) is 34.1 Å². The lowest BCUT2D eigenvalue weighted by atomic mass is 9.86. The third-order valence-corrected chi connectivity index (χ3v) is 4.82. The quantitative estimate of drug-likeness (QED) is 0.826. The van der Waals surface area contributed by atoms with E-state index in [2.05, 4.69) is 37.9 Å². The molecule has 2 nitrogen and oxygen atoms in total. The molecule has 0 bridgehead atoms. The number of rotatable bonds is 4. The van der Waals surface area contributed by atoms with Gasteiger partial charge in [-0.2, -0.15) is 0 Å². The van der Waals surface area contributed by atoms with Crippen LogP contribution >= 0.6 is 0 Å². The van der Waals surface area contributed by atoms with E-state index in [9.17, 15) is 0 Å². The molecule has 106 valence electrons. The number of hydrogen-bond donors (Lipinski definition) is 1. The maximum absolute atomic E-state index is 3.75. The van der Waals surface area contributed by atoms with Crippen molar-refractivity contribution in [1.29, 1.82) is 0 Å². The van der Waals surface area contributed by atoms with Crippen molar-refractivity contribution in [2.24, 2.45) is 10.8 Å². The van der Waals surface area contributed by atoms with E-state index >= 15 is 0 Å². The molecular formula is C16H32N2. The van der Waals surface area contributed by atoms with Gasteiger partial charge < -0.3 is 10.2 Å². The van der Waals surface area contributed by atoms with Gasteiger partial charge in [0.1, 0.15) is 0 Å². The molecule has 2 rings (SSSR count). The fourth-order valence-electron chi connectivity index (χ4n) is 3.39. The van der Waals surface area contributed by atoms with Crippen LogP contribution in [0.5, 0.6) is 0 Å². The van der Waals surface area contributed by atoms with E-state index in [4.69, 9.17) is 0 Å². The summed E-state index contributed by atoms with van der Waals surface area (Å²) in [7, 11) is 0. The Labute approximate surface area is 114 Å². The Bertz CT molecular complexity index is 263. The molecule has 0 amide bonds. The van der Waals surface area contributed by atoms with E-state index in [0.717, 1.165) is 0 Å². The average Bonchev–Trinajstić information content (AvgIpc) is 3.03. The highest BCUT2D eigenvalue weighted by Crippen LogP contribution is 2.50. The molecule has 1 unspecified atom stereocenters. The molecule has 1 aliphatic carbocycles. The van der Waals surface area contributed by atoms with Crippen LogP contribution in [-0.2, 0) is 0 Å². The summed E-state index contributed by atoms with van der Waals surface area (Å²) in [5.41, 5.74) is 1.09. The van der Waals surface area contributed by atoms with E-state index in [1.165, 1.54) is 58.3 Å². The van der Waals surface area contributed by atoms with Gasteiger partial charge in [0.15, 0.2) is 0 Å². The molecule has 0 aromatic rings. The van der Waals surface area contributed by atoms with Crippen LogP contribution in [0.25, 0.3) is 0 Å². The standard InChI is InChI=1S/C16H32N2/c1-5-7-16(8-9-16)13-18-11-6-10-17-14(12-18)15(2,3)4/h14,17H,5-13H2,1-4H3. The van der Waals surface area contributed by atoms with E-state index < -0.39 is 0 Å². The molecule has 0 spiro atoms. The van der Waals surface area contributed by atoms with Crippen LogP contribution in [0.3, 0.4) is 0 Å². The third-order valence-electron chi connectivity index (χ3n) is 4.82. The second kappa shape index (κ2) is 5.50. The second-order valence-electron chi connectivity index (χ2n) is 7.71. The minimum atomic E-state index is 0.379. The molecule has 0 aromatic carbocycles. The first-order valence-electron chi connectivity index (χ1n) is 7.91. The van der Waals surface area contributed by atoms with Crippen molar-refractivity contribution in [2.45, 2.75) is 65.8 Å². The van der Waals surface area contributed by atoms with Crippen LogP contribution < -0.4 is 5.32 Å². The first-order valence-corrected chi connectivity index (χ1v) is 7.91. The van der Waals surface area contributed by atoms with Gasteiger partial charge in [0, 0.05) is 19.1 Å². The Morgan fingerprint density at radius 2 is 2.00 bits per heavy atom. The van der Waals surface area contributed by atoms with Crippen molar-refractivity contribution in [3.63, 3.8) is 0 Å². The third kappa shape index (κ3) is 3.71. The second-order valence-corrected chi connectivity index (χ2v) is 7.71. The van der Waals surface area contributed by atoms with Gasteiger partial charge >= 0.3 is 0 Å². The Morgan fingerprint density at radius 3 is 2.56 bits per heavy atom. The predicted molar refractivity (Wildman–Crippen MR) is 78.9 cm³/mol. The molecule has 18 heavy (non-hydrogen) atoms. The first kappa shape index (κ1) is 14.3. The van der Waals surface area contributed by atoms with Crippen LogP contribution in [-0.4, -0.2) is 37.1 Å². The maximum Gasteiger partial charge on any atom is 0.0243 e. The Hall–Kier alpha value is -0.0800. The molecule has 0 aromatic heterocycles. The highest BCUT2D eigenvalue weighted by Gasteiger charge is 2.43. The van der Waals surface area contributed by atoms with Crippen molar-refractivity contribution in [2.75, 3.05) is 26.2 Å². The Morgan fingerprint density at radius 1 is 1.28 bits per heavy atom. The number of hydrogen-bond acceptors (Lipinski definition) is 2. The first-order chi connectivity index (χ1) is 8.45. The highest BCUT2D eigenvalue weighted by atomic mass is 15.2. The van der Waals surface area contributed by atoms with Crippen molar-refractivity contribution in [3.05, 3.63) is 0 Å². The summed E-state index contributed by atoms with van der Waals surface area (Å²) in [6, 6.07) is 0.650. The summed E-state index contributed by atoms with van der Waals surface area (Å²) in [5, 5.41) is 3.75. The number of nitrogens with one attached hydrogen (secondary N) is 1. The summed E-state index contributed by atoms with van der Waals surface area (Å²) in [4.78, 5) is 2.75. The average molecular weight is 252 g/mol. The number of nitrogens with zero attached hydrogens (tertiary/aromatic N) is 1. The summed E-state index contributed by atoms with van der Waals surface area (Å²) in [6.45, 7) is 14.5. The van der Waals surface area contributed by atoms with Gasteiger partial charge in [-0.3, -0.25) is 0 Å². The molecule has 2 heteroatoms. The van der Waals surface area contributed by atoms with E-state index in [0.29, 0.717) is 16.9 Å². The highest BCUT2D eigenvalue weighted by molar-refractivity contribution is 4.96. The molecule has 1 atom stereocenters. The molecular weight excluding hydrogens is 220 g/mol. The monoisotopic (exact) mass is 252 g/mol. The zero-order valence-electron chi connectivity index (χ0n) is 12.9. The summed E-state index contributed by atoms with van der Waals surface area (Å²) >= 11 is 0. The van der Waals surface area contributed by atoms with Gasteiger partial charge in [-0.25, -0.2) is 0 Å². The molecule has 1 saturated carbocycles. The topological polar surface area (TPSA) is 15.3 Å². The fourth-order valence-corrected chi connectivity index (χ4v) is 3.39. The Kier molecular flexibility index (Phi) is 4.38. The molecule has 1 heterocycles. The van der Waals surface area contributed by atoms with Crippen LogP contribution in [0.2, 0.25) is 0 Å². The van der Waals surface area contributed by atoms with Gasteiger partial charge in [-0.15, -0.1) is 0 Å². The SMILES string of the molecule is CCCC1(CN2CCCNC(C(C)(C)C)C2)CC1. The van der Waals surface area contributed by atoms with E-state index in [1.807, 2.05) is 0 Å². The largest absolute Gasteiger partial charge is 0.312 e. The van der Waals surface area contributed by atoms with Crippen LogP contribution in [0.1, 0.15) is 59.8 Å². The van der Waals surface area contributed by atoms with Gasteiger partial charge in [0.05, 0.1) is 0 Å². The van der Waals surface area contributed by atoms with Crippen LogP contribution in [0.15, 0.2) is 0 Å². The Balaban J connectivity index is 1.91. The minimum Gasteiger partial charge on any atom is -0.312 e. The van der Waals surface area contributed by atoms with Gasteiger partial charge in [-0.05, 0) is 49.6 Å².